The Morgan fingerprint density at radius 3 is 2.61 bits per heavy atom. The molecule has 0 saturated carbocycles. The molecule has 0 spiro atoms. The van der Waals surface area contributed by atoms with Gasteiger partial charge in [0.2, 0.25) is 0 Å². The summed E-state index contributed by atoms with van der Waals surface area (Å²) in [4.78, 5) is 29.2. The zero-order valence-electron chi connectivity index (χ0n) is 19.1. The van der Waals surface area contributed by atoms with Crippen LogP contribution in [0.1, 0.15) is 82.0 Å². The third-order valence-corrected chi connectivity index (χ3v) is 6.08. The molecule has 1 aromatic carbocycles. The number of carboxylic acid groups (broad SMARTS) is 1. The minimum atomic E-state index is -1.01. The average Bonchev–Trinajstić information content (AvgIpc) is 3.36. The number of amides is 1. The highest BCUT2D eigenvalue weighted by molar-refractivity contribution is 5.99. The zero-order valence-corrected chi connectivity index (χ0v) is 19.1. The maximum atomic E-state index is 12.8. The highest BCUT2D eigenvalue weighted by Gasteiger charge is 2.25. The van der Waals surface area contributed by atoms with Crippen molar-refractivity contribution in [2.45, 2.75) is 84.4 Å². The Hall–Kier alpha value is -2.41. The lowest BCUT2D eigenvalue weighted by atomic mass is 10.0. The molecular formula is C24H35N3O4. The fourth-order valence-electron chi connectivity index (χ4n) is 4.44. The number of benzene rings is 1. The number of nitrogens with one attached hydrogen (secondary N) is 1. The number of carbonyl (C=O) groups excluding carboxylic acids is 1. The van der Waals surface area contributed by atoms with Crippen molar-refractivity contribution in [2.75, 3.05) is 6.61 Å². The summed E-state index contributed by atoms with van der Waals surface area (Å²) in [6.45, 7) is 9.04. The molecule has 0 radical (unpaired) electrons. The van der Waals surface area contributed by atoms with Gasteiger partial charge in [-0.05, 0) is 56.2 Å². The molecule has 7 heteroatoms. The Kier molecular flexibility index (Phi) is 7.70. The van der Waals surface area contributed by atoms with Crippen molar-refractivity contribution >= 4 is 22.9 Å². The molecule has 1 amide bonds. The topological polar surface area (TPSA) is 93.5 Å². The Bertz CT molecular complexity index is 911. The first kappa shape index (κ1) is 23.3. The van der Waals surface area contributed by atoms with Gasteiger partial charge in [-0.2, -0.15) is 0 Å². The van der Waals surface area contributed by atoms with Gasteiger partial charge in [0.15, 0.2) is 0 Å². The normalized spacial score (nSPS) is 17.5. The van der Waals surface area contributed by atoms with E-state index in [4.69, 9.17) is 9.72 Å². The molecule has 2 N–H and O–H groups in total. The van der Waals surface area contributed by atoms with Gasteiger partial charge < -0.3 is 19.7 Å². The molecule has 2 heterocycles. The van der Waals surface area contributed by atoms with Gasteiger partial charge in [0.1, 0.15) is 11.9 Å². The second-order valence-electron chi connectivity index (χ2n) is 8.90. The molecule has 1 aliphatic rings. The lowest BCUT2D eigenvalue weighted by molar-refractivity contribution is -0.139. The van der Waals surface area contributed by atoms with Crippen LogP contribution >= 0.6 is 0 Å². The number of hydrogen-bond acceptors (Lipinski definition) is 4. The molecule has 1 aromatic heterocycles. The van der Waals surface area contributed by atoms with E-state index in [9.17, 15) is 14.7 Å². The SMILES string of the molecule is CCC(CC)n1c(CC2CCCO2)nc2cc(C(=O)NC(CC(C)C)C(=O)O)ccc21. The summed E-state index contributed by atoms with van der Waals surface area (Å²) in [7, 11) is 0. The molecule has 31 heavy (non-hydrogen) atoms. The predicted octanol–water partition coefficient (Wildman–Crippen LogP) is 4.35. The van der Waals surface area contributed by atoms with Crippen LogP contribution < -0.4 is 5.32 Å². The molecule has 0 bridgehead atoms. The summed E-state index contributed by atoms with van der Waals surface area (Å²) in [5.41, 5.74) is 2.21. The molecule has 170 valence electrons. The number of nitrogens with zero attached hydrogens (tertiary/aromatic N) is 2. The van der Waals surface area contributed by atoms with E-state index in [0.717, 1.165) is 55.6 Å². The third-order valence-electron chi connectivity index (χ3n) is 6.08. The number of imidazole rings is 1. The van der Waals surface area contributed by atoms with Crippen molar-refractivity contribution in [1.29, 1.82) is 0 Å². The Labute approximate surface area is 184 Å². The lowest BCUT2D eigenvalue weighted by Gasteiger charge is -2.20. The van der Waals surface area contributed by atoms with Crippen molar-refractivity contribution < 1.29 is 19.4 Å². The fourth-order valence-corrected chi connectivity index (χ4v) is 4.44. The summed E-state index contributed by atoms with van der Waals surface area (Å²) in [6.07, 6.45) is 5.48. The maximum Gasteiger partial charge on any atom is 0.326 e. The van der Waals surface area contributed by atoms with Crippen LogP contribution in [-0.2, 0) is 16.0 Å². The van der Waals surface area contributed by atoms with Crippen molar-refractivity contribution in [3.8, 4) is 0 Å². The summed E-state index contributed by atoms with van der Waals surface area (Å²) < 4.78 is 8.14. The van der Waals surface area contributed by atoms with E-state index in [1.165, 1.54) is 0 Å². The first-order valence-corrected chi connectivity index (χ1v) is 11.5. The molecular weight excluding hydrogens is 394 g/mol. The van der Waals surface area contributed by atoms with Gasteiger partial charge in [0.25, 0.3) is 5.91 Å². The number of hydrogen-bond donors (Lipinski definition) is 2. The van der Waals surface area contributed by atoms with Crippen LogP contribution in [0.2, 0.25) is 0 Å². The smallest absolute Gasteiger partial charge is 0.326 e. The van der Waals surface area contributed by atoms with E-state index in [1.54, 1.807) is 12.1 Å². The van der Waals surface area contributed by atoms with Crippen molar-refractivity contribution in [3.63, 3.8) is 0 Å². The predicted molar refractivity (Wildman–Crippen MR) is 120 cm³/mol. The second kappa shape index (κ2) is 10.3. The Morgan fingerprint density at radius 2 is 2.03 bits per heavy atom. The minimum absolute atomic E-state index is 0.167. The van der Waals surface area contributed by atoms with Crippen LogP contribution in [0.4, 0.5) is 0 Å². The number of rotatable bonds is 10. The van der Waals surface area contributed by atoms with Crippen LogP contribution in [-0.4, -0.2) is 45.3 Å². The van der Waals surface area contributed by atoms with Gasteiger partial charge in [-0.3, -0.25) is 4.79 Å². The van der Waals surface area contributed by atoms with E-state index in [1.807, 2.05) is 19.9 Å². The molecule has 1 fully saturated rings. The highest BCUT2D eigenvalue weighted by Crippen LogP contribution is 2.28. The van der Waals surface area contributed by atoms with Crippen LogP contribution in [0.5, 0.6) is 0 Å². The van der Waals surface area contributed by atoms with Gasteiger partial charge >= 0.3 is 5.97 Å². The molecule has 2 atom stereocenters. The molecule has 3 rings (SSSR count). The highest BCUT2D eigenvalue weighted by atomic mass is 16.5. The summed E-state index contributed by atoms with van der Waals surface area (Å²) in [5.74, 6) is -0.232. The van der Waals surface area contributed by atoms with E-state index >= 15 is 0 Å². The van der Waals surface area contributed by atoms with E-state index in [0.29, 0.717) is 18.0 Å². The summed E-state index contributed by atoms with van der Waals surface area (Å²) in [6, 6.07) is 4.91. The Balaban J connectivity index is 1.91. The molecule has 1 aliphatic heterocycles. The van der Waals surface area contributed by atoms with Crippen LogP contribution in [0, 0.1) is 5.92 Å². The zero-order chi connectivity index (χ0) is 22.5. The van der Waals surface area contributed by atoms with Gasteiger partial charge in [-0.1, -0.05) is 27.7 Å². The number of carbonyl (C=O) groups is 2. The molecule has 2 unspecified atom stereocenters. The minimum Gasteiger partial charge on any atom is -0.480 e. The first-order valence-electron chi connectivity index (χ1n) is 11.5. The number of fused-ring (bicyclic) bond motifs is 1. The number of aromatic nitrogens is 2. The van der Waals surface area contributed by atoms with Gasteiger partial charge in [-0.25, -0.2) is 9.78 Å². The van der Waals surface area contributed by atoms with E-state index in [-0.39, 0.29) is 17.9 Å². The van der Waals surface area contributed by atoms with Crippen molar-refractivity contribution in [3.05, 3.63) is 29.6 Å². The lowest BCUT2D eigenvalue weighted by Crippen LogP contribution is -2.41. The van der Waals surface area contributed by atoms with E-state index < -0.39 is 12.0 Å². The van der Waals surface area contributed by atoms with Crippen LogP contribution in [0.25, 0.3) is 11.0 Å². The average molecular weight is 430 g/mol. The molecule has 2 aromatic rings. The molecule has 1 saturated heterocycles. The van der Waals surface area contributed by atoms with E-state index in [2.05, 4.69) is 23.7 Å². The van der Waals surface area contributed by atoms with Crippen LogP contribution in [0.15, 0.2) is 18.2 Å². The first-order chi connectivity index (χ1) is 14.8. The second-order valence-corrected chi connectivity index (χ2v) is 8.90. The fraction of sp³-hybridized carbons (Fsp3) is 0.625. The molecule has 0 aliphatic carbocycles. The number of ether oxygens (including phenoxy) is 1. The quantitative estimate of drug-likeness (QED) is 0.586. The standard InChI is InChI=1S/C24H35N3O4/c1-5-17(6-2)27-21-10-9-16(23(28)26-20(24(29)30)12-15(3)4)13-19(21)25-22(27)14-18-8-7-11-31-18/h9-10,13,15,17-18,20H,5-8,11-12,14H2,1-4H3,(H,26,28)(H,29,30). The summed E-state index contributed by atoms with van der Waals surface area (Å²) in [5, 5.41) is 12.1. The van der Waals surface area contributed by atoms with Crippen LogP contribution in [0.3, 0.4) is 0 Å². The summed E-state index contributed by atoms with van der Waals surface area (Å²) >= 11 is 0. The molecule has 7 nitrogen and oxygen atoms in total. The third kappa shape index (κ3) is 5.45. The largest absolute Gasteiger partial charge is 0.480 e. The van der Waals surface area contributed by atoms with Gasteiger partial charge in [0, 0.05) is 24.6 Å². The Morgan fingerprint density at radius 1 is 1.29 bits per heavy atom. The van der Waals surface area contributed by atoms with Gasteiger partial charge in [-0.15, -0.1) is 0 Å². The van der Waals surface area contributed by atoms with Crippen molar-refractivity contribution in [1.82, 2.24) is 14.9 Å². The van der Waals surface area contributed by atoms with Gasteiger partial charge in [0.05, 0.1) is 17.1 Å². The monoisotopic (exact) mass is 429 g/mol. The van der Waals surface area contributed by atoms with Crippen molar-refractivity contribution in [2.24, 2.45) is 5.92 Å². The number of aliphatic carboxylic acids is 1. The number of carboxylic acids is 1. The maximum absolute atomic E-state index is 12.8.